The van der Waals surface area contributed by atoms with Crippen LogP contribution < -0.4 is 0 Å². The van der Waals surface area contributed by atoms with Crippen LogP contribution in [0.15, 0.2) is 42.7 Å². The van der Waals surface area contributed by atoms with Crippen LogP contribution in [0.1, 0.15) is 21.6 Å². The van der Waals surface area contributed by atoms with Crippen LogP contribution >= 0.6 is 0 Å². The summed E-state index contributed by atoms with van der Waals surface area (Å²) in [7, 11) is 1.34. The van der Waals surface area contributed by atoms with Crippen molar-refractivity contribution in [3.05, 3.63) is 65.4 Å². The number of rotatable bonds is 3. The molecule has 4 nitrogen and oxygen atoms in total. The zero-order chi connectivity index (χ0) is 15.7. The molecule has 2 heterocycles. The molecule has 0 amide bonds. The highest BCUT2D eigenvalue weighted by Gasteiger charge is 2.15. The highest BCUT2D eigenvalue weighted by atomic mass is 19.1. The number of benzene rings is 1. The topological polar surface area (TPSA) is 44.1 Å². The fourth-order valence-electron chi connectivity index (χ4n) is 2.52. The van der Waals surface area contributed by atoms with Crippen molar-refractivity contribution in [2.75, 3.05) is 7.11 Å². The van der Waals surface area contributed by atoms with Gasteiger partial charge in [-0.15, -0.1) is 0 Å². The molecule has 0 N–H and O–H groups in total. The van der Waals surface area contributed by atoms with E-state index >= 15 is 0 Å². The molecule has 0 aliphatic heterocycles. The van der Waals surface area contributed by atoms with Crippen molar-refractivity contribution in [3.8, 4) is 0 Å². The lowest BCUT2D eigenvalue weighted by Crippen LogP contribution is -2.07. The number of hydrogen-bond donors (Lipinski definition) is 0. The minimum absolute atomic E-state index is 0.249. The van der Waals surface area contributed by atoms with Gasteiger partial charge >= 0.3 is 5.97 Å². The fourth-order valence-corrected chi connectivity index (χ4v) is 2.52. The van der Waals surface area contributed by atoms with Crippen LogP contribution in [-0.2, 0) is 11.3 Å². The zero-order valence-corrected chi connectivity index (χ0v) is 12.3. The van der Waals surface area contributed by atoms with Crippen molar-refractivity contribution >= 4 is 16.9 Å². The molecule has 0 bridgehead atoms. The Bertz CT molecular complexity index is 838. The first-order valence-electron chi connectivity index (χ1n) is 6.87. The van der Waals surface area contributed by atoms with E-state index in [0.717, 1.165) is 22.0 Å². The van der Waals surface area contributed by atoms with Gasteiger partial charge in [0.1, 0.15) is 5.82 Å². The number of halogens is 1. The molecule has 0 spiro atoms. The molecule has 1 aromatic carbocycles. The second-order valence-corrected chi connectivity index (χ2v) is 5.09. The Morgan fingerprint density at radius 1 is 1.27 bits per heavy atom. The van der Waals surface area contributed by atoms with E-state index < -0.39 is 5.97 Å². The van der Waals surface area contributed by atoms with Crippen molar-refractivity contribution in [3.63, 3.8) is 0 Å². The van der Waals surface area contributed by atoms with Gasteiger partial charge in [0.15, 0.2) is 5.69 Å². The minimum Gasteiger partial charge on any atom is -0.464 e. The number of aryl methyl sites for hydroxylation is 1. The lowest BCUT2D eigenvalue weighted by Gasteiger charge is -2.08. The third-order valence-electron chi connectivity index (χ3n) is 3.73. The second kappa shape index (κ2) is 5.60. The lowest BCUT2D eigenvalue weighted by atomic mass is 10.1. The second-order valence-electron chi connectivity index (χ2n) is 5.09. The first-order chi connectivity index (χ1) is 10.6. The molecule has 112 valence electrons. The summed E-state index contributed by atoms with van der Waals surface area (Å²) in [5, 5.41) is 0.956. The van der Waals surface area contributed by atoms with Crippen LogP contribution in [0.4, 0.5) is 4.39 Å². The summed E-state index contributed by atoms with van der Waals surface area (Å²) in [6, 6.07) is 8.34. The Labute approximate surface area is 127 Å². The van der Waals surface area contributed by atoms with E-state index in [9.17, 15) is 9.18 Å². The zero-order valence-electron chi connectivity index (χ0n) is 12.3. The molecule has 0 saturated heterocycles. The summed E-state index contributed by atoms with van der Waals surface area (Å²) < 4.78 is 19.7. The first kappa shape index (κ1) is 14.3. The number of hydrogen-bond acceptors (Lipinski definition) is 3. The normalized spacial score (nSPS) is 10.9. The van der Waals surface area contributed by atoms with Gasteiger partial charge in [-0.05, 0) is 36.2 Å². The third kappa shape index (κ3) is 2.45. The van der Waals surface area contributed by atoms with E-state index in [-0.39, 0.29) is 5.82 Å². The maximum absolute atomic E-state index is 13.0. The van der Waals surface area contributed by atoms with Crippen molar-refractivity contribution in [2.45, 2.75) is 13.5 Å². The van der Waals surface area contributed by atoms with Gasteiger partial charge in [0.25, 0.3) is 0 Å². The molecule has 0 radical (unpaired) electrons. The summed E-state index contributed by atoms with van der Waals surface area (Å²) in [6.07, 6.45) is 3.60. The summed E-state index contributed by atoms with van der Waals surface area (Å²) >= 11 is 0. The fraction of sp³-hybridized carbons (Fsp3) is 0.176. The summed E-state index contributed by atoms with van der Waals surface area (Å²) in [6.45, 7) is 2.46. The molecule has 0 aliphatic rings. The Kier molecular flexibility index (Phi) is 3.63. The number of nitrogens with zero attached hydrogens (tertiary/aromatic N) is 2. The van der Waals surface area contributed by atoms with Gasteiger partial charge < -0.3 is 9.30 Å². The number of carbonyl (C=O) groups is 1. The standard InChI is InChI=1S/C17H15FN2O2/c1-11-14-7-8-20(10-12-3-5-13(18)6-4-12)15(14)9-19-16(11)17(21)22-2/h3-9H,10H2,1-2H3. The van der Waals surface area contributed by atoms with E-state index in [2.05, 4.69) is 4.98 Å². The number of esters is 1. The summed E-state index contributed by atoms with van der Waals surface area (Å²) in [5.41, 5.74) is 3.04. The third-order valence-corrected chi connectivity index (χ3v) is 3.73. The summed E-state index contributed by atoms with van der Waals surface area (Å²) in [4.78, 5) is 15.9. The van der Waals surface area contributed by atoms with Gasteiger partial charge in [0, 0.05) is 18.1 Å². The highest BCUT2D eigenvalue weighted by molar-refractivity contribution is 5.95. The lowest BCUT2D eigenvalue weighted by molar-refractivity contribution is 0.0593. The molecular formula is C17H15FN2O2. The van der Waals surface area contributed by atoms with E-state index in [1.54, 1.807) is 18.3 Å². The van der Waals surface area contributed by atoms with Crippen LogP contribution in [0.5, 0.6) is 0 Å². The monoisotopic (exact) mass is 298 g/mol. The number of carbonyl (C=O) groups excluding carboxylic acids is 1. The van der Waals surface area contributed by atoms with Gasteiger partial charge in [0.05, 0.1) is 18.8 Å². The van der Waals surface area contributed by atoms with Crippen molar-refractivity contribution < 1.29 is 13.9 Å². The average Bonchev–Trinajstić information content (AvgIpc) is 2.93. The molecule has 0 atom stereocenters. The first-order valence-corrected chi connectivity index (χ1v) is 6.87. The Balaban J connectivity index is 2.00. The molecule has 0 saturated carbocycles. The molecule has 3 aromatic rings. The predicted octanol–water partition coefficient (Wildman–Crippen LogP) is 3.32. The van der Waals surface area contributed by atoms with Crippen LogP contribution in [0.3, 0.4) is 0 Å². The van der Waals surface area contributed by atoms with Gasteiger partial charge in [-0.3, -0.25) is 0 Å². The van der Waals surface area contributed by atoms with Gasteiger partial charge in [-0.25, -0.2) is 14.2 Å². The molecule has 22 heavy (non-hydrogen) atoms. The number of ether oxygens (including phenoxy) is 1. The van der Waals surface area contributed by atoms with E-state index in [1.807, 2.05) is 23.8 Å². The number of fused-ring (bicyclic) bond motifs is 1. The molecule has 0 unspecified atom stereocenters. The molecule has 5 heteroatoms. The molecule has 0 aliphatic carbocycles. The number of aromatic nitrogens is 2. The Hall–Kier alpha value is -2.69. The molecule has 3 rings (SSSR count). The molecule has 2 aromatic heterocycles. The van der Waals surface area contributed by atoms with Crippen LogP contribution in [0.25, 0.3) is 10.9 Å². The smallest absolute Gasteiger partial charge is 0.356 e. The van der Waals surface area contributed by atoms with Crippen molar-refractivity contribution in [2.24, 2.45) is 0 Å². The van der Waals surface area contributed by atoms with E-state index in [4.69, 9.17) is 4.74 Å². The quantitative estimate of drug-likeness (QED) is 0.697. The molecule has 0 fully saturated rings. The number of pyridine rings is 1. The predicted molar refractivity (Wildman–Crippen MR) is 81.3 cm³/mol. The van der Waals surface area contributed by atoms with Crippen molar-refractivity contribution in [1.82, 2.24) is 9.55 Å². The van der Waals surface area contributed by atoms with Crippen LogP contribution in [-0.4, -0.2) is 22.6 Å². The van der Waals surface area contributed by atoms with Crippen LogP contribution in [0.2, 0.25) is 0 Å². The van der Waals surface area contributed by atoms with Gasteiger partial charge in [-0.1, -0.05) is 12.1 Å². The Morgan fingerprint density at radius 2 is 2.00 bits per heavy atom. The minimum atomic E-state index is -0.439. The summed E-state index contributed by atoms with van der Waals surface area (Å²) in [5.74, 6) is -0.688. The SMILES string of the molecule is COC(=O)c1ncc2c(ccn2Cc2ccc(F)cc2)c1C. The van der Waals surface area contributed by atoms with Crippen LogP contribution in [0, 0.1) is 12.7 Å². The largest absolute Gasteiger partial charge is 0.464 e. The van der Waals surface area contributed by atoms with E-state index in [0.29, 0.717) is 12.2 Å². The average molecular weight is 298 g/mol. The maximum Gasteiger partial charge on any atom is 0.356 e. The maximum atomic E-state index is 13.0. The van der Waals surface area contributed by atoms with Gasteiger partial charge in [-0.2, -0.15) is 0 Å². The Morgan fingerprint density at radius 3 is 2.68 bits per heavy atom. The molecular weight excluding hydrogens is 283 g/mol. The van der Waals surface area contributed by atoms with Crippen molar-refractivity contribution in [1.29, 1.82) is 0 Å². The number of methoxy groups -OCH3 is 1. The highest BCUT2D eigenvalue weighted by Crippen LogP contribution is 2.22. The van der Waals surface area contributed by atoms with Gasteiger partial charge in [0.2, 0.25) is 0 Å². The van der Waals surface area contributed by atoms with E-state index in [1.165, 1.54) is 19.2 Å².